The Bertz CT molecular complexity index is 635. The van der Waals surface area contributed by atoms with Gasteiger partial charge >= 0.3 is 0 Å². The van der Waals surface area contributed by atoms with Crippen molar-refractivity contribution in [1.82, 2.24) is 0 Å². The van der Waals surface area contributed by atoms with Crippen LogP contribution in [0.5, 0.6) is 5.75 Å². The number of nitrogens with zero attached hydrogens (tertiary/aromatic N) is 1. The summed E-state index contributed by atoms with van der Waals surface area (Å²) in [6.07, 6.45) is 3.07. The highest BCUT2D eigenvalue weighted by atomic mass is 32.1. The zero-order valence-corrected chi connectivity index (χ0v) is 12.2. The Morgan fingerprint density at radius 1 is 1.40 bits per heavy atom. The predicted octanol–water partition coefficient (Wildman–Crippen LogP) is 3.54. The van der Waals surface area contributed by atoms with Gasteiger partial charge in [0.1, 0.15) is 5.75 Å². The second-order valence-electron chi connectivity index (χ2n) is 5.16. The summed E-state index contributed by atoms with van der Waals surface area (Å²) in [6, 6.07) is 8.91. The summed E-state index contributed by atoms with van der Waals surface area (Å²) in [5, 5.41) is 11.6. The maximum Gasteiger partial charge on any atom is 0.234 e. The number of anilines is 1. The second-order valence-corrected chi connectivity index (χ2v) is 6.16. The van der Waals surface area contributed by atoms with E-state index in [0.717, 1.165) is 24.9 Å². The van der Waals surface area contributed by atoms with Gasteiger partial charge in [0.25, 0.3) is 0 Å². The molecule has 1 unspecified atom stereocenters. The Hall–Kier alpha value is -1.81. The van der Waals surface area contributed by atoms with E-state index in [9.17, 15) is 9.90 Å². The Kier molecular flexibility index (Phi) is 3.49. The standard InChI is InChI=1S/C16H17NO2S/c1-17(11-4-2-5-12(18)10-11)16(19)14-6-3-7-15-13(14)8-9-20-15/h2,4-5,8-10,14,18H,3,6-7H2,1H3. The normalized spacial score (nSPS) is 17.6. The molecule has 4 heteroatoms. The van der Waals surface area contributed by atoms with E-state index in [1.54, 1.807) is 41.5 Å². The van der Waals surface area contributed by atoms with Crippen molar-refractivity contribution in [3.8, 4) is 5.75 Å². The molecule has 0 spiro atoms. The minimum atomic E-state index is -0.0441. The van der Waals surface area contributed by atoms with Crippen molar-refractivity contribution in [1.29, 1.82) is 0 Å². The molecule has 1 N–H and O–H groups in total. The second kappa shape index (κ2) is 5.29. The molecule has 1 aromatic heterocycles. The molecule has 1 aliphatic carbocycles. The van der Waals surface area contributed by atoms with Gasteiger partial charge in [0.05, 0.1) is 5.92 Å². The van der Waals surface area contributed by atoms with E-state index in [2.05, 4.69) is 11.4 Å². The molecule has 3 rings (SSSR count). The van der Waals surface area contributed by atoms with Gasteiger partial charge in [0.15, 0.2) is 0 Å². The largest absolute Gasteiger partial charge is 0.508 e. The number of benzene rings is 1. The minimum absolute atomic E-state index is 0.0441. The number of fused-ring (bicyclic) bond motifs is 1. The summed E-state index contributed by atoms with van der Waals surface area (Å²) < 4.78 is 0. The summed E-state index contributed by atoms with van der Waals surface area (Å²) in [4.78, 5) is 15.7. The quantitative estimate of drug-likeness (QED) is 0.918. The van der Waals surface area contributed by atoms with Crippen molar-refractivity contribution in [3.63, 3.8) is 0 Å². The Balaban J connectivity index is 1.87. The fourth-order valence-corrected chi connectivity index (χ4v) is 3.79. The fraction of sp³-hybridized carbons (Fsp3) is 0.312. The molecular formula is C16H17NO2S. The zero-order chi connectivity index (χ0) is 14.1. The van der Waals surface area contributed by atoms with E-state index in [1.807, 2.05) is 6.07 Å². The van der Waals surface area contributed by atoms with Crippen LogP contribution < -0.4 is 4.90 Å². The maximum absolute atomic E-state index is 12.7. The number of carbonyl (C=O) groups is 1. The van der Waals surface area contributed by atoms with Gasteiger partial charge < -0.3 is 10.0 Å². The molecule has 104 valence electrons. The monoisotopic (exact) mass is 287 g/mol. The van der Waals surface area contributed by atoms with E-state index >= 15 is 0 Å². The van der Waals surface area contributed by atoms with Gasteiger partial charge in [-0.15, -0.1) is 11.3 Å². The number of aryl methyl sites for hydroxylation is 1. The highest BCUT2D eigenvalue weighted by Crippen LogP contribution is 2.36. The van der Waals surface area contributed by atoms with Crippen LogP contribution in [0, 0.1) is 0 Å². The van der Waals surface area contributed by atoms with Crippen LogP contribution in [0.2, 0.25) is 0 Å². The van der Waals surface area contributed by atoms with E-state index in [4.69, 9.17) is 0 Å². The molecule has 1 heterocycles. The van der Waals surface area contributed by atoms with E-state index in [-0.39, 0.29) is 17.6 Å². The third kappa shape index (κ3) is 2.31. The summed E-state index contributed by atoms with van der Waals surface area (Å²) in [6.45, 7) is 0. The van der Waals surface area contributed by atoms with E-state index in [1.165, 1.54) is 10.4 Å². The first kappa shape index (κ1) is 13.2. The van der Waals surface area contributed by atoms with Crippen LogP contribution in [0.3, 0.4) is 0 Å². The zero-order valence-electron chi connectivity index (χ0n) is 11.4. The molecule has 0 saturated carbocycles. The lowest BCUT2D eigenvalue weighted by molar-refractivity contribution is -0.120. The van der Waals surface area contributed by atoms with Crippen LogP contribution in [-0.2, 0) is 11.2 Å². The molecule has 0 aliphatic heterocycles. The van der Waals surface area contributed by atoms with Gasteiger partial charge in [-0.25, -0.2) is 0 Å². The minimum Gasteiger partial charge on any atom is -0.508 e. The van der Waals surface area contributed by atoms with Crippen LogP contribution in [0.1, 0.15) is 29.2 Å². The number of hydrogen-bond donors (Lipinski definition) is 1. The Morgan fingerprint density at radius 2 is 2.25 bits per heavy atom. The Labute approximate surface area is 122 Å². The van der Waals surface area contributed by atoms with Crippen LogP contribution >= 0.6 is 11.3 Å². The number of aromatic hydroxyl groups is 1. The number of thiophene rings is 1. The van der Waals surface area contributed by atoms with Crippen molar-refractivity contribution in [2.75, 3.05) is 11.9 Å². The van der Waals surface area contributed by atoms with Crippen molar-refractivity contribution in [3.05, 3.63) is 46.2 Å². The first-order valence-electron chi connectivity index (χ1n) is 6.79. The van der Waals surface area contributed by atoms with Crippen molar-refractivity contribution in [2.24, 2.45) is 0 Å². The third-order valence-electron chi connectivity index (χ3n) is 3.90. The van der Waals surface area contributed by atoms with Gasteiger partial charge in [0, 0.05) is 23.7 Å². The maximum atomic E-state index is 12.7. The molecule has 1 atom stereocenters. The molecular weight excluding hydrogens is 270 g/mol. The molecule has 3 nitrogen and oxygen atoms in total. The molecule has 1 amide bonds. The number of amides is 1. The molecule has 0 radical (unpaired) electrons. The highest BCUT2D eigenvalue weighted by molar-refractivity contribution is 7.10. The molecule has 1 aromatic carbocycles. The third-order valence-corrected chi connectivity index (χ3v) is 4.89. The van der Waals surface area contributed by atoms with Crippen molar-refractivity contribution < 1.29 is 9.90 Å². The van der Waals surface area contributed by atoms with E-state index < -0.39 is 0 Å². The lowest BCUT2D eigenvalue weighted by atomic mass is 9.86. The average molecular weight is 287 g/mol. The van der Waals surface area contributed by atoms with Crippen LogP contribution in [0.4, 0.5) is 5.69 Å². The van der Waals surface area contributed by atoms with Gasteiger partial charge in [0.2, 0.25) is 5.91 Å². The summed E-state index contributed by atoms with van der Waals surface area (Å²) >= 11 is 1.75. The van der Waals surface area contributed by atoms with Crippen molar-refractivity contribution >= 4 is 22.9 Å². The predicted molar refractivity (Wildman–Crippen MR) is 81.5 cm³/mol. The van der Waals surface area contributed by atoms with Gasteiger partial charge in [-0.05, 0) is 48.4 Å². The SMILES string of the molecule is CN(C(=O)C1CCCc2sccc21)c1cccc(O)c1. The summed E-state index contributed by atoms with van der Waals surface area (Å²) in [5.74, 6) is 0.245. The van der Waals surface area contributed by atoms with Gasteiger partial charge in [-0.3, -0.25) is 4.79 Å². The first-order chi connectivity index (χ1) is 9.66. The summed E-state index contributed by atoms with van der Waals surface area (Å²) in [7, 11) is 1.78. The van der Waals surface area contributed by atoms with Crippen molar-refractivity contribution in [2.45, 2.75) is 25.2 Å². The van der Waals surface area contributed by atoms with Crippen LogP contribution in [0.15, 0.2) is 35.7 Å². The van der Waals surface area contributed by atoms with Crippen LogP contribution in [0.25, 0.3) is 0 Å². The van der Waals surface area contributed by atoms with Gasteiger partial charge in [-0.2, -0.15) is 0 Å². The van der Waals surface area contributed by atoms with Gasteiger partial charge in [-0.1, -0.05) is 6.07 Å². The molecule has 2 aromatic rings. The Morgan fingerprint density at radius 3 is 3.05 bits per heavy atom. The topological polar surface area (TPSA) is 40.5 Å². The van der Waals surface area contributed by atoms with Crippen LogP contribution in [-0.4, -0.2) is 18.1 Å². The number of likely N-dealkylation sites (N-methyl/N-ethyl adjacent to an activating group) is 1. The molecule has 0 saturated heterocycles. The van der Waals surface area contributed by atoms with E-state index in [0.29, 0.717) is 0 Å². The number of phenols is 1. The number of phenolic OH excluding ortho intramolecular Hbond substituents is 1. The molecule has 0 bridgehead atoms. The number of rotatable bonds is 2. The smallest absolute Gasteiger partial charge is 0.234 e. The number of carbonyl (C=O) groups excluding carboxylic acids is 1. The number of hydrogen-bond acceptors (Lipinski definition) is 3. The lowest BCUT2D eigenvalue weighted by Crippen LogP contribution is -2.33. The fourth-order valence-electron chi connectivity index (χ4n) is 2.81. The summed E-state index contributed by atoms with van der Waals surface area (Å²) in [5.41, 5.74) is 1.93. The molecule has 1 aliphatic rings. The molecule has 20 heavy (non-hydrogen) atoms. The molecule has 0 fully saturated rings. The highest BCUT2D eigenvalue weighted by Gasteiger charge is 2.29. The first-order valence-corrected chi connectivity index (χ1v) is 7.67. The average Bonchev–Trinajstić information content (AvgIpc) is 2.94. The lowest BCUT2D eigenvalue weighted by Gasteiger charge is -2.27.